The van der Waals surface area contributed by atoms with E-state index in [1.165, 1.54) is 0 Å². The van der Waals surface area contributed by atoms with E-state index in [1.54, 1.807) is 0 Å². The summed E-state index contributed by atoms with van der Waals surface area (Å²) in [6.07, 6.45) is -12.2. The van der Waals surface area contributed by atoms with E-state index in [2.05, 4.69) is 15.9 Å². The first kappa shape index (κ1) is 15.9. The van der Waals surface area contributed by atoms with Gasteiger partial charge in [-0.15, -0.1) is 0 Å². The van der Waals surface area contributed by atoms with Gasteiger partial charge in [0, 0.05) is 13.3 Å². The molecule has 3 nitrogen and oxygen atoms in total. The monoisotopic (exact) mass is 370 g/mol. The molecule has 0 amide bonds. The van der Waals surface area contributed by atoms with Crippen molar-refractivity contribution in [1.82, 2.24) is 0 Å². The van der Waals surface area contributed by atoms with Gasteiger partial charge in [0.2, 0.25) is 0 Å². The van der Waals surface area contributed by atoms with Crippen LogP contribution in [0.2, 0.25) is 0 Å². The molecule has 1 aliphatic heterocycles. The molecule has 4 atom stereocenters. The zero-order chi connectivity index (χ0) is 15.5. The molecule has 116 valence electrons. The van der Waals surface area contributed by atoms with Crippen molar-refractivity contribution >= 4 is 21.9 Å². The number of hydrogen-bond acceptors (Lipinski definition) is 2. The summed E-state index contributed by atoms with van der Waals surface area (Å²) < 4.78 is 83.1. The average molecular weight is 371 g/mol. The highest BCUT2D eigenvalue weighted by atomic mass is 79.9. The lowest BCUT2D eigenvalue weighted by atomic mass is 9.82. The summed E-state index contributed by atoms with van der Waals surface area (Å²) in [6, 6.07) is -1.06. The van der Waals surface area contributed by atoms with Gasteiger partial charge in [0.1, 0.15) is 6.04 Å². The molecule has 10 heteroatoms. The molecule has 2 rings (SSSR count). The second-order valence-electron chi connectivity index (χ2n) is 5.06. The summed E-state index contributed by atoms with van der Waals surface area (Å²) in [6.45, 7) is 1.06. The maximum absolute atomic E-state index is 13.1. The summed E-state index contributed by atoms with van der Waals surface area (Å²) in [4.78, 5) is 9.70. The standard InChI is InChI=1S/C10H10BrF6NO2/c1-3(19)20-7-5-2-4(6(7)11)8(18-5,9(12,13)14)10(15,16)17/h4-7,18H,2H2,1H3/p+1/t4-,5+,6-,7-/m0/s1. The topological polar surface area (TPSA) is 42.9 Å². The second kappa shape index (κ2) is 4.49. The van der Waals surface area contributed by atoms with Gasteiger partial charge in [0.15, 0.2) is 6.10 Å². The van der Waals surface area contributed by atoms with Gasteiger partial charge in [-0.05, 0) is 0 Å². The predicted octanol–water partition coefficient (Wildman–Crippen LogP) is 1.51. The van der Waals surface area contributed by atoms with E-state index < -0.39 is 46.8 Å². The number of esters is 1. The van der Waals surface area contributed by atoms with Gasteiger partial charge >= 0.3 is 18.3 Å². The van der Waals surface area contributed by atoms with Crippen LogP contribution in [0.5, 0.6) is 0 Å². The molecule has 0 aromatic carbocycles. The highest BCUT2D eigenvalue weighted by Gasteiger charge is 2.85. The van der Waals surface area contributed by atoms with E-state index in [1.807, 2.05) is 0 Å². The van der Waals surface area contributed by atoms with Crippen LogP contribution in [0.3, 0.4) is 0 Å². The van der Waals surface area contributed by atoms with Crippen molar-refractivity contribution in [2.75, 3.05) is 0 Å². The third kappa shape index (κ3) is 2.02. The van der Waals surface area contributed by atoms with Crippen LogP contribution in [0.1, 0.15) is 13.3 Å². The van der Waals surface area contributed by atoms with Gasteiger partial charge in [0.25, 0.3) is 5.54 Å². The fourth-order valence-corrected chi connectivity index (χ4v) is 4.33. The number of quaternary nitrogens is 1. The first-order valence-electron chi connectivity index (χ1n) is 5.72. The molecular weight excluding hydrogens is 360 g/mol. The largest absolute Gasteiger partial charge is 0.455 e. The molecule has 0 aromatic rings. The number of halogens is 7. The maximum atomic E-state index is 13.1. The third-order valence-electron chi connectivity index (χ3n) is 3.95. The number of carbonyl (C=O) groups is 1. The van der Waals surface area contributed by atoms with E-state index in [0.29, 0.717) is 0 Å². The van der Waals surface area contributed by atoms with Crippen molar-refractivity contribution in [1.29, 1.82) is 0 Å². The van der Waals surface area contributed by atoms with Crippen molar-refractivity contribution < 1.29 is 41.2 Å². The van der Waals surface area contributed by atoms with Gasteiger partial charge in [-0.3, -0.25) is 4.79 Å². The Hall–Kier alpha value is -0.510. The lowest BCUT2D eigenvalue weighted by molar-refractivity contribution is -0.799. The van der Waals surface area contributed by atoms with E-state index in [9.17, 15) is 31.1 Å². The van der Waals surface area contributed by atoms with Crippen LogP contribution in [0.4, 0.5) is 26.3 Å². The summed E-state index contributed by atoms with van der Waals surface area (Å²) in [5.74, 6) is -2.46. The molecule has 1 saturated carbocycles. The van der Waals surface area contributed by atoms with E-state index in [4.69, 9.17) is 4.74 Å². The van der Waals surface area contributed by atoms with Gasteiger partial charge < -0.3 is 10.1 Å². The fraction of sp³-hybridized carbons (Fsp3) is 0.900. The van der Waals surface area contributed by atoms with Crippen molar-refractivity contribution in [2.24, 2.45) is 5.92 Å². The Morgan fingerprint density at radius 2 is 1.75 bits per heavy atom. The maximum Gasteiger partial charge on any atom is 0.454 e. The average Bonchev–Trinajstić information content (AvgIpc) is 2.74. The molecule has 0 unspecified atom stereocenters. The molecule has 1 aliphatic carbocycles. The van der Waals surface area contributed by atoms with Crippen LogP contribution in [-0.4, -0.2) is 40.8 Å². The fourth-order valence-electron chi connectivity index (χ4n) is 3.20. The van der Waals surface area contributed by atoms with Crippen LogP contribution in [-0.2, 0) is 9.53 Å². The Balaban J connectivity index is 2.37. The van der Waals surface area contributed by atoms with Crippen molar-refractivity contribution in [2.45, 2.75) is 48.2 Å². The van der Waals surface area contributed by atoms with Gasteiger partial charge in [0.05, 0.1) is 10.7 Å². The number of ether oxygens (including phenoxy) is 1. The smallest absolute Gasteiger partial charge is 0.454 e. The van der Waals surface area contributed by atoms with E-state index in [-0.39, 0.29) is 11.7 Å². The highest BCUT2D eigenvalue weighted by molar-refractivity contribution is 9.09. The van der Waals surface area contributed by atoms with Gasteiger partial charge in [-0.1, -0.05) is 15.9 Å². The Morgan fingerprint density at radius 3 is 2.10 bits per heavy atom. The zero-order valence-corrected chi connectivity index (χ0v) is 11.6. The summed E-state index contributed by atoms with van der Waals surface area (Å²) in [5, 5.41) is 0.267. The van der Waals surface area contributed by atoms with Crippen LogP contribution in [0, 0.1) is 5.92 Å². The lowest BCUT2D eigenvalue weighted by Crippen LogP contribution is -3.08. The summed E-state index contributed by atoms with van der Waals surface area (Å²) in [5.41, 5.74) is -3.84. The van der Waals surface area contributed by atoms with Crippen molar-refractivity contribution in [3.05, 3.63) is 0 Å². The molecule has 0 spiro atoms. The van der Waals surface area contributed by atoms with E-state index >= 15 is 0 Å². The first-order valence-corrected chi connectivity index (χ1v) is 6.64. The Labute approximate surface area is 118 Å². The molecule has 0 radical (unpaired) electrons. The number of rotatable bonds is 1. The number of nitrogens with two attached hydrogens (primary N) is 1. The lowest BCUT2D eigenvalue weighted by Gasteiger charge is -2.41. The normalized spacial score (nSPS) is 36.2. The SMILES string of the molecule is CC(=O)O[C@@H]1[C@@H](Br)[C@@H]2C[C@H]1[NH2+]C2(C(F)(F)F)C(F)(F)F. The second-order valence-corrected chi connectivity index (χ2v) is 6.11. The number of fused-ring (bicyclic) bond motifs is 2. The van der Waals surface area contributed by atoms with Crippen LogP contribution < -0.4 is 5.32 Å². The molecule has 2 aliphatic rings. The Kier molecular flexibility index (Phi) is 3.56. The summed E-state index contributed by atoms with van der Waals surface area (Å²) in [7, 11) is 0. The van der Waals surface area contributed by atoms with Gasteiger partial charge in [-0.2, -0.15) is 26.3 Å². The number of piperidine rings is 1. The predicted molar refractivity (Wildman–Crippen MR) is 56.9 cm³/mol. The number of carbonyl (C=O) groups excluding carboxylic acids is 1. The Morgan fingerprint density at radius 1 is 1.25 bits per heavy atom. The number of hydrogen-bond donors (Lipinski definition) is 1. The molecule has 2 bridgehead atoms. The van der Waals surface area contributed by atoms with Crippen molar-refractivity contribution in [3.63, 3.8) is 0 Å². The van der Waals surface area contributed by atoms with E-state index in [0.717, 1.165) is 6.92 Å². The van der Waals surface area contributed by atoms with Crippen LogP contribution in [0.15, 0.2) is 0 Å². The minimum absolute atomic E-state index is 0.267. The van der Waals surface area contributed by atoms with Gasteiger partial charge in [-0.25, -0.2) is 0 Å². The highest BCUT2D eigenvalue weighted by Crippen LogP contribution is 2.55. The minimum Gasteiger partial charge on any atom is -0.455 e. The molecule has 20 heavy (non-hydrogen) atoms. The molecule has 2 N–H and O–H groups in total. The van der Waals surface area contributed by atoms with Crippen LogP contribution in [0.25, 0.3) is 0 Å². The Bertz CT molecular complexity index is 407. The molecule has 1 saturated heterocycles. The molecular formula is C10H11BrF6NO2+. The third-order valence-corrected chi connectivity index (χ3v) is 5.11. The quantitative estimate of drug-likeness (QED) is 0.432. The molecule has 2 fully saturated rings. The van der Waals surface area contributed by atoms with Crippen molar-refractivity contribution in [3.8, 4) is 0 Å². The molecule has 0 aromatic heterocycles. The minimum atomic E-state index is -5.43. The number of alkyl halides is 7. The summed E-state index contributed by atoms with van der Waals surface area (Å²) >= 11 is 2.85. The first-order chi connectivity index (χ1) is 8.92. The van der Waals surface area contributed by atoms with Crippen LogP contribution >= 0.6 is 15.9 Å². The zero-order valence-electron chi connectivity index (χ0n) is 10.1. The molecule has 1 heterocycles.